The number of nitrogens with zero attached hydrogens (tertiary/aromatic N) is 1. The van der Waals surface area contributed by atoms with Gasteiger partial charge in [-0.3, -0.25) is 4.90 Å². The van der Waals surface area contributed by atoms with Gasteiger partial charge in [-0.05, 0) is 44.0 Å². The van der Waals surface area contributed by atoms with E-state index in [-0.39, 0.29) is 0 Å². The smallest absolute Gasteiger partial charge is 0.178 e. The number of aliphatic hydroxyl groups is 2. The minimum absolute atomic E-state index is 0.360. The highest BCUT2D eigenvalue weighted by Crippen LogP contribution is 2.42. The summed E-state index contributed by atoms with van der Waals surface area (Å²) in [6, 6.07) is 6.54. The molecule has 0 saturated carbocycles. The van der Waals surface area contributed by atoms with Crippen LogP contribution in [-0.4, -0.2) is 21.7 Å². The van der Waals surface area contributed by atoms with Gasteiger partial charge in [0.1, 0.15) is 0 Å². The number of hydrogen-bond acceptors (Lipinski definition) is 3. The second kappa shape index (κ2) is 4.77. The highest BCUT2D eigenvalue weighted by Gasteiger charge is 2.32. The van der Waals surface area contributed by atoms with E-state index in [1.54, 1.807) is 0 Å². The van der Waals surface area contributed by atoms with Crippen molar-refractivity contribution < 1.29 is 10.2 Å². The van der Waals surface area contributed by atoms with Gasteiger partial charge in [0, 0.05) is 17.6 Å². The van der Waals surface area contributed by atoms with E-state index in [1.165, 1.54) is 11.1 Å². The molecule has 3 nitrogen and oxygen atoms in total. The van der Waals surface area contributed by atoms with Crippen molar-refractivity contribution in [3.63, 3.8) is 0 Å². The molecule has 0 radical (unpaired) electrons. The molecule has 0 fully saturated rings. The highest BCUT2D eigenvalue weighted by molar-refractivity contribution is 5.40. The largest absolute Gasteiger partial charge is 0.364 e. The summed E-state index contributed by atoms with van der Waals surface area (Å²) in [6.07, 6.45) is -0.235. The third-order valence-electron chi connectivity index (χ3n) is 3.79. The molecular weight excluding hydrogens is 214 g/mol. The first-order chi connectivity index (χ1) is 8.06. The molecule has 0 saturated heterocycles. The van der Waals surface area contributed by atoms with Crippen LogP contribution in [0, 0.1) is 0 Å². The summed E-state index contributed by atoms with van der Waals surface area (Å²) in [5, 5.41) is 18.4. The molecule has 2 N–H and O–H groups in total. The third kappa shape index (κ3) is 2.10. The number of rotatable bonds is 3. The van der Waals surface area contributed by atoms with E-state index in [9.17, 15) is 10.2 Å². The number of aliphatic hydroxyl groups excluding tert-OH is 1. The summed E-state index contributed by atoms with van der Waals surface area (Å²) in [5.41, 5.74) is 3.13. The fourth-order valence-corrected chi connectivity index (χ4v) is 2.83. The van der Waals surface area contributed by atoms with E-state index in [4.69, 9.17) is 0 Å². The van der Waals surface area contributed by atoms with E-state index < -0.39 is 6.29 Å². The monoisotopic (exact) mass is 235 g/mol. The van der Waals surface area contributed by atoms with Crippen LogP contribution in [0.2, 0.25) is 0 Å². The van der Waals surface area contributed by atoms with E-state index in [0.717, 1.165) is 13.0 Å². The third-order valence-corrected chi connectivity index (χ3v) is 3.79. The van der Waals surface area contributed by atoms with Crippen molar-refractivity contribution in [3.8, 4) is 0 Å². The fourth-order valence-electron chi connectivity index (χ4n) is 2.83. The zero-order valence-electron chi connectivity index (χ0n) is 10.7. The SMILES string of the molecule is CCCN1C(C)c2ccc(C(O)O)cc2C1C. The number of hydrogen-bond donors (Lipinski definition) is 2. The predicted molar refractivity (Wildman–Crippen MR) is 67.4 cm³/mol. The lowest BCUT2D eigenvalue weighted by Gasteiger charge is -2.25. The molecule has 2 rings (SSSR count). The predicted octanol–water partition coefficient (Wildman–Crippen LogP) is 2.52. The molecule has 2 atom stereocenters. The lowest BCUT2D eigenvalue weighted by molar-refractivity contribution is -0.0425. The zero-order valence-corrected chi connectivity index (χ0v) is 10.7. The first-order valence-electron chi connectivity index (χ1n) is 6.31. The van der Waals surface area contributed by atoms with Crippen molar-refractivity contribution >= 4 is 0 Å². The average molecular weight is 235 g/mol. The summed E-state index contributed by atoms with van der Waals surface area (Å²) < 4.78 is 0. The van der Waals surface area contributed by atoms with Gasteiger partial charge in [-0.25, -0.2) is 0 Å². The van der Waals surface area contributed by atoms with Gasteiger partial charge >= 0.3 is 0 Å². The molecule has 1 aromatic rings. The first-order valence-corrected chi connectivity index (χ1v) is 6.31. The van der Waals surface area contributed by atoms with Gasteiger partial charge in [-0.1, -0.05) is 19.1 Å². The summed E-state index contributed by atoms with van der Waals surface area (Å²) in [7, 11) is 0. The van der Waals surface area contributed by atoms with Crippen LogP contribution < -0.4 is 0 Å². The Kier molecular flexibility index (Phi) is 3.52. The Bertz CT molecular complexity index is 403. The quantitative estimate of drug-likeness (QED) is 0.791. The van der Waals surface area contributed by atoms with Crippen molar-refractivity contribution in [1.29, 1.82) is 0 Å². The topological polar surface area (TPSA) is 43.7 Å². The van der Waals surface area contributed by atoms with Gasteiger partial charge in [-0.2, -0.15) is 0 Å². The molecule has 0 spiro atoms. The minimum Gasteiger partial charge on any atom is -0.364 e. The van der Waals surface area contributed by atoms with Crippen molar-refractivity contribution in [1.82, 2.24) is 4.90 Å². The lowest BCUT2D eigenvalue weighted by Crippen LogP contribution is -2.23. The van der Waals surface area contributed by atoms with E-state index in [2.05, 4.69) is 25.7 Å². The molecule has 0 aromatic heterocycles. The maximum absolute atomic E-state index is 9.22. The van der Waals surface area contributed by atoms with Gasteiger partial charge < -0.3 is 10.2 Å². The molecule has 2 unspecified atom stereocenters. The van der Waals surface area contributed by atoms with Crippen molar-refractivity contribution in [2.75, 3.05) is 6.54 Å². The average Bonchev–Trinajstić information content (AvgIpc) is 2.54. The summed E-state index contributed by atoms with van der Waals surface area (Å²) in [4.78, 5) is 2.46. The van der Waals surface area contributed by atoms with Gasteiger partial charge in [0.05, 0.1) is 0 Å². The Labute approximate surface area is 103 Å². The minimum atomic E-state index is -1.37. The molecule has 94 valence electrons. The van der Waals surface area contributed by atoms with E-state index >= 15 is 0 Å². The molecular formula is C14H21NO2. The summed E-state index contributed by atoms with van der Waals surface area (Å²) in [5.74, 6) is 0. The van der Waals surface area contributed by atoms with E-state index in [1.807, 2.05) is 18.2 Å². The molecule has 1 aliphatic rings. The normalized spacial score (nSPS) is 24.4. The number of benzene rings is 1. The standard InChI is InChI=1S/C14H21NO2/c1-4-7-15-9(2)12-6-5-11(14(16)17)8-13(12)10(15)3/h5-6,8-10,14,16-17H,4,7H2,1-3H3. The summed E-state index contributed by atoms with van der Waals surface area (Å²) in [6.45, 7) is 7.66. The Morgan fingerprint density at radius 1 is 1.18 bits per heavy atom. The Morgan fingerprint density at radius 3 is 2.41 bits per heavy atom. The Morgan fingerprint density at radius 2 is 1.82 bits per heavy atom. The van der Waals surface area contributed by atoms with Gasteiger partial charge in [0.25, 0.3) is 0 Å². The molecule has 1 aliphatic heterocycles. The zero-order chi connectivity index (χ0) is 12.6. The van der Waals surface area contributed by atoms with E-state index in [0.29, 0.717) is 17.6 Å². The molecule has 1 aromatic carbocycles. The maximum Gasteiger partial charge on any atom is 0.178 e. The van der Waals surface area contributed by atoms with Crippen LogP contribution in [0.5, 0.6) is 0 Å². The van der Waals surface area contributed by atoms with Crippen LogP contribution in [-0.2, 0) is 0 Å². The Balaban J connectivity index is 2.36. The van der Waals surface area contributed by atoms with Gasteiger partial charge in [-0.15, -0.1) is 0 Å². The fraction of sp³-hybridized carbons (Fsp3) is 0.571. The highest BCUT2D eigenvalue weighted by atomic mass is 16.5. The maximum atomic E-state index is 9.22. The van der Waals surface area contributed by atoms with Crippen LogP contribution in [0.25, 0.3) is 0 Å². The number of fused-ring (bicyclic) bond motifs is 1. The summed E-state index contributed by atoms with van der Waals surface area (Å²) >= 11 is 0. The molecule has 3 heteroatoms. The van der Waals surface area contributed by atoms with Crippen LogP contribution in [0.1, 0.15) is 62.3 Å². The van der Waals surface area contributed by atoms with Gasteiger partial charge in [0.15, 0.2) is 6.29 Å². The van der Waals surface area contributed by atoms with Crippen molar-refractivity contribution in [2.24, 2.45) is 0 Å². The molecule has 0 bridgehead atoms. The molecule has 1 heterocycles. The van der Waals surface area contributed by atoms with Crippen LogP contribution in [0.4, 0.5) is 0 Å². The first kappa shape index (κ1) is 12.6. The molecule has 17 heavy (non-hydrogen) atoms. The molecule has 0 aliphatic carbocycles. The second-order valence-electron chi connectivity index (χ2n) is 4.85. The molecule has 0 amide bonds. The van der Waals surface area contributed by atoms with Crippen LogP contribution in [0.3, 0.4) is 0 Å². The lowest BCUT2D eigenvalue weighted by atomic mass is 10.00. The van der Waals surface area contributed by atoms with Crippen molar-refractivity contribution in [3.05, 3.63) is 34.9 Å². The second-order valence-corrected chi connectivity index (χ2v) is 4.85. The van der Waals surface area contributed by atoms with Crippen molar-refractivity contribution in [2.45, 2.75) is 45.6 Å². The van der Waals surface area contributed by atoms with Crippen LogP contribution in [0.15, 0.2) is 18.2 Å². The van der Waals surface area contributed by atoms with Crippen LogP contribution >= 0.6 is 0 Å². The Hall–Kier alpha value is -0.900. The van der Waals surface area contributed by atoms with Gasteiger partial charge in [0.2, 0.25) is 0 Å².